The topological polar surface area (TPSA) is 69.6 Å². The van der Waals surface area contributed by atoms with Crippen molar-refractivity contribution in [3.63, 3.8) is 0 Å². The van der Waals surface area contributed by atoms with Gasteiger partial charge in [-0.05, 0) is 83.5 Å². The molecule has 1 amide bonds. The van der Waals surface area contributed by atoms with Crippen LogP contribution in [-0.4, -0.2) is 34.9 Å². The van der Waals surface area contributed by atoms with E-state index in [0.29, 0.717) is 12.8 Å². The Bertz CT molecular complexity index is 1180. The van der Waals surface area contributed by atoms with Crippen LogP contribution in [0, 0.1) is 0 Å². The van der Waals surface area contributed by atoms with Crippen LogP contribution in [0.15, 0.2) is 109 Å². The molecule has 2 atom stereocenters. The summed E-state index contributed by atoms with van der Waals surface area (Å²) in [7, 11) is 0. The molecule has 3 N–H and O–H groups in total. The van der Waals surface area contributed by atoms with E-state index in [1.165, 1.54) is 116 Å². The van der Waals surface area contributed by atoms with Crippen LogP contribution in [-0.2, 0) is 4.79 Å². The quantitative estimate of drug-likeness (QED) is 0.0422. The van der Waals surface area contributed by atoms with E-state index in [1.54, 1.807) is 0 Å². The number of unbranched alkanes of at least 4 members (excludes halogenated alkanes) is 20. The van der Waals surface area contributed by atoms with Crippen molar-refractivity contribution in [2.45, 2.75) is 238 Å². The fourth-order valence-corrected chi connectivity index (χ4v) is 7.18. The molecule has 2 unspecified atom stereocenters. The Morgan fingerprint density at radius 1 is 0.410 bits per heavy atom. The molecule has 4 heteroatoms. The van der Waals surface area contributed by atoms with Gasteiger partial charge in [0.2, 0.25) is 5.91 Å². The van der Waals surface area contributed by atoms with Crippen molar-refractivity contribution < 1.29 is 15.0 Å². The highest BCUT2D eigenvalue weighted by Gasteiger charge is 2.20. The number of carbonyl (C=O) groups is 1. The van der Waals surface area contributed by atoms with Crippen LogP contribution >= 0.6 is 0 Å². The summed E-state index contributed by atoms with van der Waals surface area (Å²) in [5.41, 5.74) is 0. The molecule has 0 rings (SSSR count). The molecular formula is C57H97NO3. The van der Waals surface area contributed by atoms with Crippen molar-refractivity contribution in [1.82, 2.24) is 5.32 Å². The lowest BCUT2D eigenvalue weighted by molar-refractivity contribution is -0.123. The Balaban J connectivity index is 3.59. The maximum Gasteiger partial charge on any atom is 0.220 e. The molecule has 4 nitrogen and oxygen atoms in total. The summed E-state index contributed by atoms with van der Waals surface area (Å²) in [4.78, 5) is 12.4. The fraction of sp³-hybridized carbons (Fsp3) is 0.667. The maximum atomic E-state index is 12.4. The average Bonchev–Trinajstić information content (AvgIpc) is 3.26. The number of hydrogen-bond donors (Lipinski definition) is 3. The predicted molar refractivity (Wildman–Crippen MR) is 271 cm³/mol. The third kappa shape index (κ3) is 47.9. The lowest BCUT2D eigenvalue weighted by Gasteiger charge is -2.22. The molecule has 0 bridgehead atoms. The molecule has 0 heterocycles. The first-order valence-electron chi connectivity index (χ1n) is 25.6. The summed E-state index contributed by atoms with van der Waals surface area (Å²) in [6.45, 7) is 4.23. The van der Waals surface area contributed by atoms with Crippen molar-refractivity contribution >= 4 is 5.91 Å². The van der Waals surface area contributed by atoms with Crippen molar-refractivity contribution in [3.8, 4) is 0 Å². The molecule has 0 aromatic heterocycles. The zero-order valence-electron chi connectivity index (χ0n) is 39.9. The summed E-state index contributed by atoms with van der Waals surface area (Å²) >= 11 is 0. The van der Waals surface area contributed by atoms with Crippen LogP contribution in [0.2, 0.25) is 0 Å². The molecular weight excluding hydrogens is 747 g/mol. The van der Waals surface area contributed by atoms with Gasteiger partial charge in [-0.2, -0.15) is 0 Å². The van der Waals surface area contributed by atoms with Crippen molar-refractivity contribution in [2.75, 3.05) is 6.61 Å². The Morgan fingerprint density at radius 2 is 0.721 bits per heavy atom. The zero-order chi connectivity index (χ0) is 44.2. The standard InChI is InChI=1S/C57H97NO3/c1-3-5-7-9-11-13-15-17-18-19-20-21-22-23-24-25-26-27-28-29-30-31-32-33-34-35-36-37-38-39-40-41-43-45-47-49-51-53-57(61)58-55(54-59)56(60)52-50-48-46-44-42-16-14-12-10-8-6-4-2/h5,7,11,13,17-18,20-21,23-24,26-27,29-30,32-33,35-36,55-56,59-60H,3-4,6,8-10,12,14-16,19,22,25,28,31,34,37-54H2,1-2H3,(H,58,61)/b7-5-,13-11-,18-17-,21-20-,24-23-,27-26-,30-29-,33-32-,36-35-. The van der Waals surface area contributed by atoms with Crippen LogP contribution < -0.4 is 5.32 Å². The molecule has 0 saturated carbocycles. The second kappa shape index (κ2) is 51.4. The summed E-state index contributed by atoms with van der Waals surface area (Å²) < 4.78 is 0. The number of carbonyl (C=O) groups excluding carboxylic acids is 1. The van der Waals surface area contributed by atoms with Gasteiger partial charge in [-0.1, -0.05) is 245 Å². The average molecular weight is 844 g/mol. The Labute approximate surface area is 378 Å². The van der Waals surface area contributed by atoms with Crippen molar-refractivity contribution in [3.05, 3.63) is 109 Å². The lowest BCUT2D eigenvalue weighted by atomic mass is 10.0. The largest absolute Gasteiger partial charge is 0.394 e. The molecule has 348 valence electrons. The van der Waals surface area contributed by atoms with E-state index < -0.39 is 12.1 Å². The van der Waals surface area contributed by atoms with E-state index in [1.807, 2.05) is 0 Å². The van der Waals surface area contributed by atoms with E-state index in [2.05, 4.69) is 129 Å². The van der Waals surface area contributed by atoms with Crippen LogP contribution in [0.3, 0.4) is 0 Å². The minimum atomic E-state index is -0.667. The summed E-state index contributed by atoms with van der Waals surface area (Å²) in [5, 5.41) is 23.2. The first-order chi connectivity index (χ1) is 30.2. The Morgan fingerprint density at radius 3 is 1.08 bits per heavy atom. The van der Waals surface area contributed by atoms with E-state index in [9.17, 15) is 15.0 Å². The molecule has 61 heavy (non-hydrogen) atoms. The van der Waals surface area contributed by atoms with Crippen LogP contribution in [0.5, 0.6) is 0 Å². The van der Waals surface area contributed by atoms with Gasteiger partial charge in [0.05, 0.1) is 18.8 Å². The second-order valence-electron chi connectivity index (χ2n) is 16.9. The summed E-state index contributed by atoms with van der Waals surface area (Å²) in [6, 6.07) is -0.545. The SMILES string of the molecule is CC/C=C\C/C=C\C/C=C\C/C=C\C/C=C\C/C=C\C/C=C\C/C=C\C/C=C\CCCCCCCCCCCC(=O)NC(CO)C(O)CCCCCCCCCCCCCC. The first kappa shape index (κ1) is 58.0. The maximum absolute atomic E-state index is 12.4. The number of rotatable bonds is 45. The highest BCUT2D eigenvalue weighted by Crippen LogP contribution is 2.15. The van der Waals surface area contributed by atoms with E-state index in [0.717, 1.165) is 83.5 Å². The number of nitrogens with one attached hydrogen (secondary N) is 1. The van der Waals surface area contributed by atoms with Crippen molar-refractivity contribution in [2.24, 2.45) is 0 Å². The fourth-order valence-electron chi connectivity index (χ4n) is 7.18. The molecule has 0 saturated heterocycles. The Hall–Kier alpha value is -2.95. The number of aliphatic hydroxyl groups is 2. The number of amides is 1. The number of aliphatic hydroxyl groups excluding tert-OH is 2. The summed E-state index contributed by atoms with van der Waals surface area (Å²) in [6.07, 6.45) is 77.6. The smallest absolute Gasteiger partial charge is 0.220 e. The van der Waals surface area contributed by atoms with Crippen LogP contribution in [0.25, 0.3) is 0 Å². The van der Waals surface area contributed by atoms with E-state index in [-0.39, 0.29) is 12.5 Å². The predicted octanol–water partition coefficient (Wildman–Crippen LogP) is 16.7. The van der Waals surface area contributed by atoms with E-state index in [4.69, 9.17) is 0 Å². The van der Waals surface area contributed by atoms with Gasteiger partial charge in [-0.15, -0.1) is 0 Å². The van der Waals surface area contributed by atoms with Gasteiger partial charge in [0.15, 0.2) is 0 Å². The molecule has 0 radical (unpaired) electrons. The first-order valence-corrected chi connectivity index (χ1v) is 25.6. The third-order valence-electron chi connectivity index (χ3n) is 11.0. The number of hydrogen-bond acceptors (Lipinski definition) is 3. The highest BCUT2D eigenvalue weighted by molar-refractivity contribution is 5.76. The van der Waals surface area contributed by atoms with Gasteiger partial charge in [-0.3, -0.25) is 4.79 Å². The van der Waals surface area contributed by atoms with Crippen LogP contribution in [0.4, 0.5) is 0 Å². The number of allylic oxidation sites excluding steroid dienone is 18. The Kier molecular flexibility index (Phi) is 48.9. The van der Waals surface area contributed by atoms with Gasteiger partial charge >= 0.3 is 0 Å². The normalized spacial score (nSPS) is 13.8. The highest BCUT2D eigenvalue weighted by atomic mass is 16.3. The van der Waals surface area contributed by atoms with Gasteiger partial charge < -0.3 is 15.5 Å². The van der Waals surface area contributed by atoms with Gasteiger partial charge in [-0.25, -0.2) is 0 Å². The molecule has 0 aliphatic heterocycles. The van der Waals surface area contributed by atoms with Gasteiger partial charge in [0.1, 0.15) is 0 Å². The zero-order valence-corrected chi connectivity index (χ0v) is 39.9. The molecule has 0 spiro atoms. The molecule has 0 aromatic rings. The minimum absolute atomic E-state index is 0.0431. The van der Waals surface area contributed by atoms with Crippen molar-refractivity contribution in [1.29, 1.82) is 0 Å². The lowest BCUT2D eigenvalue weighted by Crippen LogP contribution is -2.45. The molecule has 0 aromatic carbocycles. The monoisotopic (exact) mass is 844 g/mol. The second-order valence-corrected chi connectivity index (χ2v) is 16.9. The summed E-state index contributed by atoms with van der Waals surface area (Å²) in [5.74, 6) is -0.0431. The molecule has 0 aliphatic carbocycles. The van der Waals surface area contributed by atoms with Gasteiger partial charge in [0, 0.05) is 6.42 Å². The molecule has 0 aliphatic rings. The van der Waals surface area contributed by atoms with Crippen LogP contribution in [0.1, 0.15) is 226 Å². The van der Waals surface area contributed by atoms with Gasteiger partial charge in [0.25, 0.3) is 0 Å². The minimum Gasteiger partial charge on any atom is -0.394 e. The third-order valence-corrected chi connectivity index (χ3v) is 11.0. The van der Waals surface area contributed by atoms with E-state index >= 15 is 0 Å². The molecule has 0 fully saturated rings.